The van der Waals surface area contributed by atoms with Gasteiger partial charge in [0.1, 0.15) is 0 Å². The van der Waals surface area contributed by atoms with E-state index in [1.165, 1.54) is 12.2 Å². The van der Waals surface area contributed by atoms with Crippen LogP contribution in [0, 0.1) is 5.92 Å². The Hall–Kier alpha value is -0.730. The van der Waals surface area contributed by atoms with Gasteiger partial charge < -0.3 is 0 Å². The zero-order valence-corrected chi connectivity index (χ0v) is 6.86. The van der Waals surface area contributed by atoms with Crippen molar-refractivity contribution in [3.8, 4) is 0 Å². The maximum Gasteiger partial charge on any atom is 0.412 e. The van der Waals surface area contributed by atoms with Gasteiger partial charge in [0.25, 0.3) is 0 Å². The molecule has 1 aliphatic rings. The van der Waals surface area contributed by atoms with E-state index in [-0.39, 0.29) is 5.92 Å². The first-order valence-electron chi connectivity index (χ1n) is 3.95. The molecule has 0 spiro atoms. The predicted octanol–water partition coefficient (Wildman–Crippen LogP) is 3.46. The summed E-state index contributed by atoms with van der Waals surface area (Å²) in [6.45, 7) is 1.62. The summed E-state index contributed by atoms with van der Waals surface area (Å²) in [5, 5.41) is 0. The highest BCUT2D eigenvalue weighted by molar-refractivity contribution is 5.21. The van der Waals surface area contributed by atoms with Crippen molar-refractivity contribution in [2.45, 2.75) is 25.9 Å². The summed E-state index contributed by atoms with van der Waals surface area (Å²) < 4.78 is 36.8. The van der Waals surface area contributed by atoms with Crippen LogP contribution in [0.15, 0.2) is 23.8 Å². The van der Waals surface area contributed by atoms with Gasteiger partial charge in [-0.15, -0.1) is 0 Å². The first-order valence-corrected chi connectivity index (χ1v) is 3.95. The molecule has 12 heavy (non-hydrogen) atoms. The van der Waals surface area contributed by atoms with Crippen LogP contribution in [0.25, 0.3) is 0 Å². The Bertz CT molecular complexity index is 210. The number of hydrogen-bond acceptors (Lipinski definition) is 0. The minimum absolute atomic E-state index is 0.375. The highest BCUT2D eigenvalue weighted by Gasteiger charge is 2.36. The molecule has 1 unspecified atom stereocenters. The molecule has 0 saturated carbocycles. The van der Waals surface area contributed by atoms with E-state index >= 15 is 0 Å². The Labute approximate surface area is 69.8 Å². The smallest absolute Gasteiger partial charge is 0.166 e. The van der Waals surface area contributed by atoms with Crippen LogP contribution in [0.5, 0.6) is 0 Å². The quantitative estimate of drug-likeness (QED) is 0.530. The van der Waals surface area contributed by atoms with E-state index in [2.05, 4.69) is 0 Å². The molecule has 1 atom stereocenters. The summed E-state index contributed by atoms with van der Waals surface area (Å²) in [7, 11) is 0. The summed E-state index contributed by atoms with van der Waals surface area (Å²) in [5.74, 6) is -0.375. The van der Waals surface area contributed by atoms with Crippen molar-refractivity contribution in [2.24, 2.45) is 5.92 Å². The predicted molar refractivity (Wildman–Crippen MR) is 41.7 cm³/mol. The summed E-state index contributed by atoms with van der Waals surface area (Å²) in [6.07, 6.45) is 1.60. The Kier molecular flexibility index (Phi) is 2.60. The minimum Gasteiger partial charge on any atom is -0.166 e. The fraction of sp³-hybridized carbons (Fsp3) is 0.556. The third-order valence-corrected chi connectivity index (χ3v) is 2.04. The van der Waals surface area contributed by atoms with Gasteiger partial charge in [-0.05, 0) is 18.8 Å². The molecule has 3 heteroatoms. The van der Waals surface area contributed by atoms with E-state index in [1.54, 1.807) is 13.0 Å². The molecule has 68 valence electrons. The second-order valence-corrected chi connectivity index (χ2v) is 3.03. The first-order chi connectivity index (χ1) is 5.52. The van der Waals surface area contributed by atoms with Gasteiger partial charge in [0.2, 0.25) is 0 Å². The van der Waals surface area contributed by atoms with Gasteiger partial charge in [0.15, 0.2) is 0 Å². The number of hydrogen-bond donors (Lipinski definition) is 0. The van der Waals surface area contributed by atoms with Crippen molar-refractivity contribution in [1.29, 1.82) is 0 Å². The molecule has 0 amide bonds. The van der Waals surface area contributed by atoms with Crippen molar-refractivity contribution in [3.63, 3.8) is 0 Å². The first kappa shape index (κ1) is 9.36. The van der Waals surface area contributed by atoms with E-state index < -0.39 is 11.7 Å². The molecule has 0 aromatic rings. The van der Waals surface area contributed by atoms with Gasteiger partial charge in [-0.1, -0.05) is 25.2 Å². The highest BCUT2D eigenvalue weighted by Crippen LogP contribution is 2.34. The average Bonchev–Trinajstić information content (AvgIpc) is 2.11. The normalized spacial score (nSPS) is 25.0. The molecule has 0 aromatic heterocycles. The lowest BCUT2D eigenvalue weighted by molar-refractivity contribution is -0.0984. The van der Waals surface area contributed by atoms with Crippen LogP contribution in [0.4, 0.5) is 13.2 Å². The second-order valence-electron chi connectivity index (χ2n) is 3.03. The number of halogens is 3. The highest BCUT2D eigenvalue weighted by atomic mass is 19.4. The Morgan fingerprint density at radius 1 is 1.42 bits per heavy atom. The molecule has 0 N–H and O–H groups in total. The Balaban J connectivity index is 2.85. The van der Waals surface area contributed by atoms with Crippen LogP contribution in [-0.2, 0) is 0 Å². The fourth-order valence-corrected chi connectivity index (χ4v) is 1.31. The number of allylic oxidation sites excluding steroid dienone is 4. The third-order valence-electron chi connectivity index (χ3n) is 2.04. The van der Waals surface area contributed by atoms with Crippen molar-refractivity contribution >= 4 is 0 Å². The van der Waals surface area contributed by atoms with Gasteiger partial charge in [-0.25, -0.2) is 0 Å². The van der Waals surface area contributed by atoms with Crippen molar-refractivity contribution in [2.75, 3.05) is 0 Å². The van der Waals surface area contributed by atoms with E-state index in [9.17, 15) is 13.2 Å². The fourth-order valence-electron chi connectivity index (χ4n) is 1.31. The third kappa shape index (κ3) is 2.13. The molecule has 0 saturated heterocycles. The molecule has 1 aliphatic carbocycles. The summed E-state index contributed by atoms with van der Waals surface area (Å²) in [5.41, 5.74) is -0.406. The van der Waals surface area contributed by atoms with Crippen LogP contribution < -0.4 is 0 Å². The van der Waals surface area contributed by atoms with Gasteiger partial charge in [-0.2, -0.15) is 13.2 Å². The van der Waals surface area contributed by atoms with Gasteiger partial charge >= 0.3 is 6.18 Å². The lowest BCUT2D eigenvalue weighted by Crippen LogP contribution is -2.17. The molecular weight excluding hydrogens is 165 g/mol. The molecule has 0 radical (unpaired) electrons. The molecule has 0 bridgehead atoms. The zero-order chi connectivity index (χ0) is 9.19. The summed E-state index contributed by atoms with van der Waals surface area (Å²) in [6, 6.07) is 0. The average molecular weight is 176 g/mol. The minimum atomic E-state index is -4.16. The van der Waals surface area contributed by atoms with Crippen molar-refractivity contribution in [1.82, 2.24) is 0 Å². The lowest BCUT2D eigenvalue weighted by atomic mass is 9.97. The molecule has 0 fully saturated rings. The molecule has 0 aliphatic heterocycles. The van der Waals surface area contributed by atoms with E-state index in [4.69, 9.17) is 0 Å². The number of rotatable bonds is 0. The van der Waals surface area contributed by atoms with E-state index in [1.807, 2.05) is 0 Å². The summed E-state index contributed by atoms with van der Waals surface area (Å²) >= 11 is 0. The molecule has 0 nitrogen and oxygen atoms in total. The monoisotopic (exact) mass is 176 g/mol. The van der Waals surface area contributed by atoms with E-state index in [0.717, 1.165) is 6.42 Å². The largest absolute Gasteiger partial charge is 0.412 e. The molecule has 0 aromatic carbocycles. The van der Waals surface area contributed by atoms with Crippen LogP contribution in [0.1, 0.15) is 19.8 Å². The van der Waals surface area contributed by atoms with Gasteiger partial charge in [-0.3, -0.25) is 0 Å². The SMILES string of the molecule is CC1CCC=CC=C1C(F)(F)F. The zero-order valence-electron chi connectivity index (χ0n) is 6.86. The van der Waals surface area contributed by atoms with Crippen LogP contribution >= 0.6 is 0 Å². The van der Waals surface area contributed by atoms with E-state index in [0.29, 0.717) is 6.42 Å². The number of alkyl halides is 3. The maximum atomic E-state index is 12.3. The van der Waals surface area contributed by atoms with Crippen LogP contribution in [0.3, 0.4) is 0 Å². The van der Waals surface area contributed by atoms with Crippen molar-refractivity contribution in [3.05, 3.63) is 23.8 Å². The van der Waals surface area contributed by atoms with Gasteiger partial charge in [0.05, 0.1) is 0 Å². The molecule has 1 rings (SSSR count). The topological polar surface area (TPSA) is 0 Å². The van der Waals surface area contributed by atoms with Crippen molar-refractivity contribution < 1.29 is 13.2 Å². The molecular formula is C9H11F3. The Morgan fingerprint density at radius 2 is 2.08 bits per heavy atom. The summed E-state index contributed by atoms with van der Waals surface area (Å²) in [4.78, 5) is 0. The lowest BCUT2D eigenvalue weighted by Gasteiger charge is -2.16. The Morgan fingerprint density at radius 3 is 2.67 bits per heavy atom. The van der Waals surface area contributed by atoms with Crippen LogP contribution in [0.2, 0.25) is 0 Å². The standard InChI is InChI=1S/C9H11F3/c1-7-5-3-2-4-6-8(7)9(10,11)12/h2,4,6-7H,3,5H2,1H3. The van der Waals surface area contributed by atoms with Gasteiger partial charge in [0, 0.05) is 5.57 Å². The molecule has 0 heterocycles. The van der Waals surface area contributed by atoms with Crippen LogP contribution in [-0.4, -0.2) is 6.18 Å². The maximum absolute atomic E-state index is 12.3. The second kappa shape index (κ2) is 3.33.